The summed E-state index contributed by atoms with van der Waals surface area (Å²) in [6, 6.07) is 16.3. The first kappa shape index (κ1) is 22.7. The number of nitrogens with one attached hydrogen (secondary N) is 2. The van der Waals surface area contributed by atoms with Crippen molar-refractivity contribution in [3.05, 3.63) is 78.5 Å². The Morgan fingerprint density at radius 3 is 2.81 bits per heavy atom. The highest BCUT2D eigenvalue weighted by Gasteiger charge is 2.10. The van der Waals surface area contributed by atoms with Crippen LogP contribution in [0.25, 0.3) is 11.3 Å². The second-order valence-electron chi connectivity index (χ2n) is 7.06. The third-order valence-electron chi connectivity index (χ3n) is 4.97. The number of halogens is 1. The van der Waals surface area contributed by atoms with Crippen LogP contribution in [0.3, 0.4) is 0 Å². The van der Waals surface area contributed by atoms with E-state index < -0.39 is 0 Å². The largest absolute Gasteiger partial charge is 0.356 e. The molecule has 0 fully saturated rings. The summed E-state index contributed by atoms with van der Waals surface area (Å²) in [6.45, 7) is 2.92. The lowest BCUT2D eigenvalue weighted by molar-refractivity contribution is 0.666. The van der Waals surface area contributed by atoms with E-state index >= 15 is 0 Å². The number of rotatable bonds is 7. The molecule has 0 aliphatic carbocycles. The van der Waals surface area contributed by atoms with E-state index in [0.717, 1.165) is 42.5 Å². The second kappa shape index (κ2) is 10.9. The summed E-state index contributed by atoms with van der Waals surface area (Å²) >= 11 is 0. The predicted molar refractivity (Wildman–Crippen MR) is 133 cm³/mol. The molecule has 4 rings (SSSR count). The summed E-state index contributed by atoms with van der Waals surface area (Å²) < 4.78 is 3.89. The second-order valence-corrected chi connectivity index (χ2v) is 7.06. The minimum absolute atomic E-state index is 0. The zero-order chi connectivity index (χ0) is 20.8. The van der Waals surface area contributed by atoms with Crippen LogP contribution in [0.4, 0.5) is 0 Å². The number of pyridine rings is 1. The summed E-state index contributed by atoms with van der Waals surface area (Å²) in [5.41, 5.74) is 3.08. The molecular formula is C22H27IN8. The monoisotopic (exact) mass is 530 g/mol. The highest BCUT2D eigenvalue weighted by Crippen LogP contribution is 2.16. The van der Waals surface area contributed by atoms with Crippen LogP contribution in [0.1, 0.15) is 30.8 Å². The van der Waals surface area contributed by atoms with Crippen molar-refractivity contribution in [3.8, 4) is 5.69 Å². The molecule has 4 aromatic rings. The molecule has 0 aliphatic rings. The molecular weight excluding hydrogens is 503 g/mol. The van der Waals surface area contributed by atoms with Crippen LogP contribution >= 0.6 is 24.0 Å². The Labute approximate surface area is 198 Å². The van der Waals surface area contributed by atoms with Gasteiger partial charge in [-0.15, -0.1) is 34.2 Å². The van der Waals surface area contributed by atoms with Gasteiger partial charge in [0.1, 0.15) is 5.82 Å². The quantitative estimate of drug-likeness (QED) is 0.166. The Hall–Kier alpha value is -2.95. The zero-order valence-electron chi connectivity index (χ0n) is 17.6. The minimum Gasteiger partial charge on any atom is -0.356 e. The van der Waals surface area contributed by atoms with Crippen LogP contribution < -0.4 is 10.6 Å². The number of aliphatic imine (C=N–C) groups is 1. The maximum atomic E-state index is 4.35. The lowest BCUT2D eigenvalue weighted by Crippen LogP contribution is -2.39. The van der Waals surface area contributed by atoms with E-state index in [-0.39, 0.29) is 30.0 Å². The summed E-state index contributed by atoms with van der Waals surface area (Å²) in [5, 5.41) is 19.6. The number of aromatic nitrogens is 5. The van der Waals surface area contributed by atoms with Gasteiger partial charge < -0.3 is 10.6 Å². The molecule has 1 unspecified atom stereocenters. The maximum Gasteiger partial charge on any atom is 0.191 e. The first-order chi connectivity index (χ1) is 14.7. The predicted octanol–water partition coefficient (Wildman–Crippen LogP) is 3.39. The molecule has 1 atom stereocenters. The normalized spacial score (nSPS) is 12.4. The number of hydrogen-bond donors (Lipinski definition) is 2. The molecule has 0 saturated heterocycles. The molecule has 0 saturated carbocycles. The van der Waals surface area contributed by atoms with E-state index in [1.54, 1.807) is 13.2 Å². The van der Waals surface area contributed by atoms with Crippen molar-refractivity contribution in [1.82, 2.24) is 35.0 Å². The van der Waals surface area contributed by atoms with Crippen LogP contribution in [-0.4, -0.2) is 43.9 Å². The third kappa shape index (κ3) is 5.60. The van der Waals surface area contributed by atoms with E-state index in [1.165, 1.54) is 5.56 Å². The Kier molecular flexibility index (Phi) is 7.99. The highest BCUT2D eigenvalue weighted by molar-refractivity contribution is 14.0. The molecule has 31 heavy (non-hydrogen) atoms. The molecule has 0 spiro atoms. The molecule has 8 nitrogen and oxygen atoms in total. The number of aryl methyl sites for hydroxylation is 1. The Morgan fingerprint density at radius 1 is 1.10 bits per heavy atom. The minimum atomic E-state index is 0. The highest BCUT2D eigenvalue weighted by atomic mass is 127. The number of nitrogens with zero attached hydrogens (tertiary/aromatic N) is 6. The van der Waals surface area contributed by atoms with Gasteiger partial charge in [-0.05, 0) is 49.2 Å². The fraction of sp³-hybridized carbons (Fsp3) is 0.273. The van der Waals surface area contributed by atoms with Gasteiger partial charge >= 0.3 is 0 Å². The molecule has 3 aromatic heterocycles. The molecule has 0 amide bonds. The average Bonchev–Trinajstić information content (AvgIpc) is 3.46. The van der Waals surface area contributed by atoms with Gasteiger partial charge in [-0.1, -0.05) is 18.2 Å². The summed E-state index contributed by atoms with van der Waals surface area (Å²) in [6.07, 6.45) is 7.49. The number of fused-ring (bicyclic) bond motifs is 1. The fourth-order valence-corrected chi connectivity index (χ4v) is 3.36. The zero-order valence-corrected chi connectivity index (χ0v) is 20.0. The molecule has 1 aromatic carbocycles. The van der Waals surface area contributed by atoms with Crippen molar-refractivity contribution in [1.29, 1.82) is 0 Å². The van der Waals surface area contributed by atoms with Gasteiger partial charge in [0.2, 0.25) is 0 Å². The first-order valence-corrected chi connectivity index (χ1v) is 10.1. The summed E-state index contributed by atoms with van der Waals surface area (Å²) in [7, 11) is 1.79. The molecule has 2 N–H and O–H groups in total. The van der Waals surface area contributed by atoms with Gasteiger partial charge in [-0.2, -0.15) is 5.10 Å². The Balaban J connectivity index is 0.00000272. The van der Waals surface area contributed by atoms with E-state index in [2.05, 4.69) is 50.0 Å². The van der Waals surface area contributed by atoms with Gasteiger partial charge in [0.25, 0.3) is 0 Å². The molecule has 9 heteroatoms. The fourth-order valence-electron chi connectivity index (χ4n) is 3.36. The van der Waals surface area contributed by atoms with Gasteiger partial charge in [0.05, 0.1) is 11.7 Å². The lowest BCUT2D eigenvalue weighted by Gasteiger charge is -2.19. The molecule has 162 valence electrons. The topological polar surface area (TPSA) is 84.4 Å². The summed E-state index contributed by atoms with van der Waals surface area (Å²) in [5.74, 6) is 1.75. The third-order valence-corrected chi connectivity index (χ3v) is 4.97. The lowest BCUT2D eigenvalue weighted by atomic mass is 10.1. The van der Waals surface area contributed by atoms with E-state index in [9.17, 15) is 0 Å². The average molecular weight is 530 g/mol. The SMILES string of the molecule is CN=C(NCCCc1nnc2ccccn12)NC(C)c1cccc(-n2cccn2)c1.I. The Morgan fingerprint density at radius 2 is 2.00 bits per heavy atom. The van der Waals surface area contributed by atoms with Crippen LogP contribution in [0.2, 0.25) is 0 Å². The molecule has 0 bridgehead atoms. The van der Waals surface area contributed by atoms with Crippen molar-refractivity contribution in [2.24, 2.45) is 4.99 Å². The maximum absolute atomic E-state index is 4.35. The molecule has 0 aliphatic heterocycles. The van der Waals surface area contributed by atoms with Gasteiger partial charge in [-0.3, -0.25) is 9.39 Å². The number of benzene rings is 1. The number of guanidine groups is 1. The smallest absolute Gasteiger partial charge is 0.191 e. The van der Waals surface area contributed by atoms with Crippen molar-refractivity contribution in [2.45, 2.75) is 25.8 Å². The van der Waals surface area contributed by atoms with Gasteiger partial charge in [-0.25, -0.2) is 4.68 Å². The first-order valence-electron chi connectivity index (χ1n) is 10.1. The molecule has 3 heterocycles. The van der Waals surface area contributed by atoms with Crippen molar-refractivity contribution in [2.75, 3.05) is 13.6 Å². The van der Waals surface area contributed by atoms with Crippen molar-refractivity contribution >= 4 is 35.6 Å². The van der Waals surface area contributed by atoms with E-state index in [4.69, 9.17) is 0 Å². The van der Waals surface area contributed by atoms with Gasteiger partial charge in [0, 0.05) is 38.6 Å². The van der Waals surface area contributed by atoms with Crippen LogP contribution in [0.5, 0.6) is 0 Å². The number of hydrogen-bond acceptors (Lipinski definition) is 4. The summed E-state index contributed by atoms with van der Waals surface area (Å²) in [4.78, 5) is 4.35. The van der Waals surface area contributed by atoms with Crippen molar-refractivity contribution < 1.29 is 0 Å². The van der Waals surface area contributed by atoms with E-state index in [0.29, 0.717) is 0 Å². The standard InChI is InChI=1S/C22H26N8.HI/c1-17(18-8-5-9-19(16-18)30-15-7-13-25-30)26-22(23-2)24-12-6-11-21-28-27-20-10-3-4-14-29(20)21;/h3-5,7-10,13-17H,6,11-12H2,1-2H3,(H2,23,24,26);1H. The van der Waals surface area contributed by atoms with Crippen LogP contribution in [0.15, 0.2) is 72.1 Å². The van der Waals surface area contributed by atoms with Crippen LogP contribution in [0, 0.1) is 0 Å². The van der Waals surface area contributed by atoms with E-state index in [1.807, 2.05) is 57.9 Å². The van der Waals surface area contributed by atoms with Gasteiger partial charge in [0.15, 0.2) is 11.6 Å². The Bertz CT molecular complexity index is 1120. The molecule has 0 radical (unpaired) electrons. The van der Waals surface area contributed by atoms with Crippen molar-refractivity contribution in [3.63, 3.8) is 0 Å². The van der Waals surface area contributed by atoms with Crippen LogP contribution in [-0.2, 0) is 6.42 Å².